The van der Waals surface area contributed by atoms with Gasteiger partial charge in [0.25, 0.3) is 0 Å². The molecule has 0 bridgehead atoms. The molecular formula is C9H19N5O. The Bertz CT molecular complexity index is 273. The molecule has 2 N–H and O–H groups in total. The van der Waals surface area contributed by atoms with Crippen LogP contribution in [0.4, 0.5) is 0 Å². The molecule has 0 aliphatic heterocycles. The minimum atomic E-state index is 0.375. The van der Waals surface area contributed by atoms with Crippen LogP contribution in [0.5, 0.6) is 0 Å². The summed E-state index contributed by atoms with van der Waals surface area (Å²) in [5.74, 6) is 1.30. The highest BCUT2D eigenvalue weighted by atomic mass is 16.5. The fourth-order valence-electron chi connectivity index (χ4n) is 1.18. The molecule has 6 heteroatoms. The van der Waals surface area contributed by atoms with Crippen LogP contribution in [0.25, 0.3) is 0 Å². The topological polar surface area (TPSA) is 78.8 Å². The first-order valence-electron chi connectivity index (χ1n) is 5.27. The normalized spacial score (nSPS) is 11.2. The summed E-state index contributed by atoms with van der Waals surface area (Å²) >= 11 is 0. The second-order valence-electron chi connectivity index (χ2n) is 3.84. The minimum Gasteiger partial charge on any atom is -0.381 e. The first-order chi connectivity index (χ1) is 7.24. The van der Waals surface area contributed by atoms with E-state index in [1.165, 1.54) is 0 Å². The molecular weight excluding hydrogens is 194 g/mol. The standard InChI is InChI=1S/C9H19N5O/c1-8(2)7-15-5-3-4-14-9(6-10)11-12-13-14/h8H,3-7,10H2,1-2H3. The van der Waals surface area contributed by atoms with Gasteiger partial charge in [0.15, 0.2) is 5.82 Å². The SMILES string of the molecule is CC(C)COCCCn1nnnc1CN. The van der Waals surface area contributed by atoms with Crippen molar-refractivity contribution < 1.29 is 4.74 Å². The van der Waals surface area contributed by atoms with Crippen LogP contribution < -0.4 is 5.73 Å². The van der Waals surface area contributed by atoms with Crippen LogP contribution >= 0.6 is 0 Å². The molecule has 0 spiro atoms. The number of aryl methyl sites for hydroxylation is 1. The summed E-state index contributed by atoms with van der Waals surface area (Å²) in [4.78, 5) is 0. The van der Waals surface area contributed by atoms with Crippen molar-refractivity contribution in [1.29, 1.82) is 0 Å². The number of hydrogen-bond donors (Lipinski definition) is 1. The first-order valence-corrected chi connectivity index (χ1v) is 5.27. The maximum absolute atomic E-state index is 5.47. The smallest absolute Gasteiger partial charge is 0.164 e. The number of nitrogens with two attached hydrogens (primary N) is 1. The van der Waals surface area contributed by atoms with E-state index in [1.54, 1.807) is 4.68 Å². The van der Waals surface area contributed by atoms with E-state index in [2.05, 4.69) is 29.4 Å². The molecule has 1 rings (SSSR count). The lowest BCUT2D eigenvalue weighted by Crippen LogP contribution is -2.12. The Hall–Kier alpha value is -1.01. The highest BCUT2D eigenvalue weighted by molar-refractivity contribution is 4.77. The maximum Gasteiger partial charge on any atom is 0.164 e. The highest BCUT2D eigenvalue weighted by Gasteiger charge is 2.02. The molecule has 0 aromatic carbocycles. The molecule has 0 saturated carbocycles. The van der Waals surface area contributed by atoms with Crippen LogP contribution in [0.15, 0.2) is 0 Å². The Kier molecular flexibility index (Phi) is 5.20. The minimum absolute atomic E-state index is 0.375. The number of nitrogens with zero attached hydrogens (tertiary/aromatic N) is 4. The number of aromatic nitrogens is 4. The van der Waals surface area contributed by atoms with Crippen LogP contribution in [0.3, 0.4) is 0 Å². The van der Waals surface area contributed by atoms with Gasteiger partial charge in [0, 0.05) is 19.8 Å². The summed E-state index contributed by atoms with van der Waals surface area (Å²) in [6.07, 6.45) is 0.908. The van der Waals surface area contributed by atoms with Gasteiger partial charge in [0.1, 0.15) is 0 Å². The van der Waals surface area contributed by atoms with Gasteiger partial charge in [0.05, 0.1) is 6.54 Å². The Morgan fingerprint density at radius 3 is 2.93 bits per heavy atom. The van der Waals surface area contributed by atoms with Crippen molar-refractivity contribution in [2.75, 3.05) is 13.2 Å². The summed E-state index contributed by atoms with van der Waals surface area (Å²) in [5, 5.41) is 11.2. The van der Waals surface area contributed by atoms with Crippen molar-refractivity contribution >= 4 is 0 Å². The van der Waals surface area contributed by atoms with Gasteiger partial charge in [-0.05, 0) is 22.8 Å². The van der Waals surface area contributed by atoms with E-state index in [0.29, 0.717) is 12.5 Å². The third-order valence-corrected chi connectivity index (χ3v) is 1.90. The van der Waals surface area contributed by atoms with Gasteiger partial charge >= 0.3 is 0 Å². The summed E-state index contributed by atoms with van der Waals surface area (Å²) < 4.78 is 7.17. The van der Waals surface area contributed by atoms with Crippen LogP contribution in [0, 0.1) is 5.92 Å². The summed E-state index contributed by atoms with van der Waals surface area (Å²) in [6.45, 7) is 6.95. The van der Waals surface area contributed by atoms with E-state index >= 15 is 0 Å². The van der Waals surface area contributed by atoms with Crippen molar-refractivity contribution in [3.8, 4) is 0 Å². The average Bonchev–Trinajstić information content (AvgIpc) is 2.64. The van der Waals surface area contributed by atoms with Gasteiger partial charge in [0.2, 0.25) is 0 Å². The van der Waals surface area contributed by atoms with E-state index in [9.17, 15) is 0 Å². The van der Waals surface area contributed by atoms with Crippen molar-refractivity contribution in [2.24, 2.45) is 11.7 Å². The fraction of sp³-hybridized carbons (Fsp3) is 0.889. The lowest BCUT2D eigenvalue weighted by molar-refractivity contribution is 0.104. The Labute approximate surface area is 89.8 Å². The molecule has 15 heavy (non-hydrogen) atoms. The molecule has 86 valence electrons. The number of rotatable bonds is 7. The van der Waals surface area contributed by atoms with Gasteiger partial charge in [-0.1, -0.05) is 13.8 Å². The molecule has 0 atom stereocenters. The highest BCUT2D eigenvalue weighted by Crippen LogP contribution is 1.96. The zero-order valence-corrected chi connectivity index (χ0v) is 9.39. The zero-order valence-electron chi connectivity index (χ0n) is 9.39. The van der Waals surface area contributed by atoms with Gasteiger partial charge in [-0.15, -0.1) is 5.10 Å². The molecule has 0 unspecified atom stereocenters. The van der Waals surface area contributed by atoms with Crippen molar-refractivity contribution in [3.05, 3.63) is 5.82 Å². The zero-order chi connectivity index (χ0) is 11.1. The number of hydrogen-bond acceptors (Lipinski definition) is 5. The molecule has 0 aliphatic carbocycles. The predicted molar refractivity (Wildman–Crippen MR) is 56.0 cm³/mol. The molecule has 0 radical (unpaired) electrons. The third-order valence-electron chi connectivity index (χ3n) is 1.90. The molecule has 0 amide bonds. The van der Waals surface area contributed by atoms with Gasteiger partial charge < -0.3 is 10.5 Å². The first kappa shape index (κ1) is 12.1. The lowest BCUT2D eigenvalue weighted by Gasteiger charge is -2.06. The molecule has 0 aliphatic rings. The van der Waals surface area contributed by atoms with E-state index in [0.717, 1.165) is 32.0 Å². The van der Waals surface area contributed by atoms with E-state index < -0.39 is 0 Å². The van der Waals surface area contributed by atoms with Crippen molar-refractivity contribution in [2.45, 2.75) is 33.4 Å². The van der Waals surface area contributed by atoms with Crippen LogP contribution in [-0.4, -0.2) is 33.4 Å². The van der Waals surface area contributed by atoms with E-state index in [1.807, 2.05) is 0 Å². The molecule has 0 fully saturated rings. The molecule has 1 heterocycles. The van der Waals surface area contributed by atoms with Gasteiger partial charge in [-0.2, -0.15) is 0 Å². The van der Waals surface area contributed by atoms with Gasteiger partial charge in [-0.3, -0.25) is 0 Å². The van der Waals surface area contributed by atoms with Crippen LogP contribution in [0.1, 0.15) is 26.1 Å². The largest absolute Gasteiger partial charge is 0.381 e. The van der Waals surface area contributed by atoms with Crippen LogP contribution in [0.2, 0.25) is 0 Å². The Balaban J connectivity index is 2.15. The number of tetrazole rings is 1. The van der Waals surface area contributed by atoms with Gasteiger partial charge in [-0.25, -0.2) is 4.68 Å². The molecule has 6 nitrogen and oxygen atoms in total. The van der Waals surface area contributed by atoms with Crippen molar-refractivity contribution in [3.63, 3.8) is 0 Å². The summed E-state index contributed by atoms with van der Waals surface area (Å²) in [6, 6.07) is 0. The molecule has 0 saturated heterocycles. The number of ether oxygens (including phenoxy) is 1. The molecule has 1 aromatic rings. The quantitative estimate of drug-likeness (QED) is 0.654. The summed E-state index contributed by atoms with van der Waals surface area (Å²) in [5.41, 5.74) is 5.47. The van der Waals surface area contributed by atoms with Crippen molar-refractivity contribution in [1.82, 2.24) is 20.2 Å². The van der Waals surface area contributed by atoms with E-state index in [-0.39, 0.29) is 0 Å². The Morgan fingerprint density at radius 2 is 2.27 bits per heavy atom. The Morgan fingerprint density at radius 1 is 1.47 bits per heavy atom. The lowest BCUT2D eigenvalue weighted by atomic mass is 10.2. The van der Waals surface area contributed by atoms with E-state index in [4.69, 9.17) is 10.5 Å². The summed E-state index contributed by atoms with van der Waals surface area (Å²) in [7, 11) is 0. The third kappa shape index (κ3) is 4.35. The van der Waals surface area contributed by atoms with Crippen LogP contribution in [-0.2, 0) is 17.8 Å². The monoisotopic (exact) mass is 213 g/mol. The second kappa shape index (κ2) is 6.47. The molecule has 1 aromatic heterocycles. The average molecular weight is 213 g/mol. The maximum atomic E-state index is 5.47. The predicted octanol–water partition coefficient (Wildman–Crippen LogP) is 0.195. The fourth-order valence-corrected chi connectivity index (χ4v) is 1.18. The second-order valence-corrected chi connectivity index (χ2v) is 3.84.